The molecular formula is C17H32N2. The van der Waals surface area contributed by atoms with E-state index in [0.717, 1.165) is 17.4 Å². The molecule has 2 heteroatoms. The van der Waals surface area contributed by atoms with E-state index in [0.29, 0.717) is 0 Å². The molecule has 1 N–H and O–H groups in total. The van der Waals surface area contributed by atoms with Gasteiger partial charge in [-0.05, 0) is 76.4 Å². The highest BCUT2D eigenvalue weighted by Crippen LogP contribution is 2.44. The highest BCUT2D eigenvalue weighted by atomic mass is 15.2. The summed E-state index contributed by atoms with van der Waals surface area (Å²) >= 11 is 0. The molecule has 1 spiro atoms. The largest absolute Gasteiger partial charge is 0.316 e. The topological polar surface area (TPSA) is 15.3 Å². The van der Waals surface area contributed by atoms with Crippen LogP contribution in [0.3, 0.4) is 0 Å². The second-order valence-electron chi connectivity index (χ2n) is 7.58. The minimum atomic E-state index is 0.733. The van der Waals surface area contributed by atoms with Crippen LogP contribution in [0.1, 0.15) is 64.7 Å². The van der Waals surface area contributed by atoms with Crippen molar-refractivity contribution in [2.75, 3.05) is 26.2 Å². The van der Waals surface area contributed by atoms with E-state index in [1.807, 2.05) is 0 Å². The first-order chi connectivity index (χ1) is 9.27. The van der Waals surface area contributed by atoms with Crippen LogP contribution in [-0.2, 0) is 0 Å². The second kappa shape index (κ2) is 6.13. The van der Waals surface area contributed by atoms with Gasteiger partial charge < -0.3 is 10.2 Å². The van der Waals surface area contributed by atoms with Gasteiger partial charge in [0.1, 0.15) is 0 Å². The molecule has 0 aromatic carbocycles. The van der Waals surface area contributed by atoms with Crippen LogP contribution in [0.25, 0.3) is 0 Å². The standard InChI is InChI=1S/C17H32N2/c1-15(12-16-6-5-10-18-13-16)19-11-9-17(14-19)7-3-2-4-8-17/h15-16,18H,2-14H2,1H3. The van der Waals surface area contributed by atoms with Gasteiger partial charge in [-0.3, -0.25) is 0 Å². The Morgan fingerprint density at radius 2 is 2.00 bits per heavy atom. The van der Waals surface area contributed by atoms with E-state index in [9.17, 15) is 0 Å². The Balaban J connectivity index is 1.49. The van der Waals surface area contributed by atoms with Crippen LogP contribution in [0.5, 0.6) is 0 Å². The van der Waals surface area contributed by atoms with Crippen molar-refractivity contribution in [2.24, 2.45) is 11.3 Å². The van der Waals surface area contributed by atoms with Crippen molar-refractivity contribution < 1.29 is 0 Å². The smallest absolute Gasteiger partial charge is 0.00702 e. The molecule has 0 amide bonds. The van der Waals surface area contributed by atoms with Crippen LogP contribution in [0.15, 0.2) is 0 Å². The van der Waals surface area contributed by atoms with Crippen LogP contribution < -0.4 is 5.32 Å². The Morgan fingerprint density at radius 3 is 2.74 bits per heavy atom. The van der Waals surface area contributed by atoms with Crippen LogP contribution in [0, 0.1) is 11.3 Å². The summed E-state index contributed by atoms with van der Waals surface area (Å²) in [7, 11) is 0. The van der Waals surface area contributed by atoms with Crippen LogP contribution in [-0.4, -0.2) is 37.1 Å². The predicted octanol–water partition coefficient (Wildman–Crippen LogP) is 3.42. The van der Waals surface area contributed by atoms with E-state index >= 15 is 0 Å². The van der Waals surface area contributed by atoms with Crippen molar-refractivity contribution in [3.63, 3.8) is 0 Å². The average Bonchev–Trinajstić information content (AvgIpc) is 2.85. The molecule has 2 atom stereocenters. The number of rotatable bonds is 3. The third-order valence-corrected chi connectivity index (χ3v) is 6.08. The van der Waals surface area contributed by atoms with E-state index in [-0.39, 0.29) is 0 Å². The van der Waals surface area contributed by atoms with Gasteiger partial charge in [0, 0.05) is 12.6 Å². The minimum absolute atomic E-state index is 0.733. The molecule has 2 heterocycles. The SMILES string of the molecule is CC(CC1CCCNC1)N1CCC2(CCCCC2)C1. The van der Waals surface area contributed by atoms with Gasteiger partial charge >= 0.3 is 0 Å². The summed E-state index contributed by atoms with van der Waals surface area (Å²) in [4.78, 5) is 2.82. The Morgan fingerprint density at radius 1 is 1.16 bits per heavy atom. The molecule has 3 fully saturated rings. The fraction of sp³-hybridized carbons (Fsp3) is 1.00. The van der Waals surface area contributed by atoms with Gasteiger partial charge in [-0.25, -0.2) is 0 Å². The summed E-state index contributed by atoms with van der Waals surface area (Å²) in [5.74, 6) is 0.937. The van der Waals surface area contributed by atoms with Crippen molar-refractivity contribution in [2.45, 2.75) is 70.8 Å². The molecule has 0 aromatic rings. The first-order valence-electron chi connectivity index (χ1n) is 8.72. The van der Waals surface area contributed by atoms with Crippen LogP contribution in [0.4, 0.5) is 0 Å². The van der Waals surface area contributed by atoms with Gasteiger partial charge in [-0.15, -0.1) is 0 Å². The summed E-state index contributed by atoms with van der Waals surface area (Å²) in [5.41, 5.74) is 0.733. The molecule has 3 aliphatic rings. The lowest BCUT2D eigenvalue weighted by atomic mass is 9.73. The lowest BCUT2D eigenvalue weighted by molar-refractivity contribution is 0.151. The molecule has 0 radical (unpaired) electrons. The van der Waals surface area contributed by atoms with Gasteiger partial charge in [0.05, 0.1) is 0 Å². The molecule has 2 saturated heterocycles. The lowest BCUT2D eigenvalue weighted by Gasteiger charge is -2.35. The predicted molar refractivity (Wildman–Crippen MR) is 81.4 cm³/mol. The fourth-order valence-electron chi connectivity index (χ4n) is 4.81. The summed E-state index contributed by atoms with van der Waals surface area (Å²) in [6, 6.07) is 0.811. The third-order valence-electron chi connectivity index (χ3n) is 6.08. The normalized spacial score (nSPS) is 33.6. The summed E-state index contributed by atoms with van der Waals surface area (Å²) in [6.45, 7) is 7.78. The maximum Gasteiger partial charge on any atom is 0.00702 e. The monoisotopic (exact) mass is 264 g/mol. The van der Waals surface area contributed by atoms with Gasteiger partial charge in [0.15, 0.2) is 0 Å². The molecule has 1 saturated carbocycles. The molecular weight excluding hydrogens is 232 g/mol. The van der Waals surface area contributed by atoms with E-state index in [4.69, 9.17) is 0 Å². The molecule has 0 bridgehead atoms. The first-order valence-corrected chi connectivity index (χ1v) is 8.72. The van der Waals surface area contributed by atoms with Gasteiger partial charge in [0.2, 0.25) is 0 Å². The number of piperidine rings is 1. The number of nitrogens with one attached hydrogen (secondary N) is 1. The zero-order valence-corrected chi connectivity index (χ0v) is 12.8. The molecule has 3 rings (SSSR count). The Bertz CT molecular complexity index is 277. The van der Waals surface area contributed by atoms with E-state index < -0.39 is 0 Å². The minimum Gasteiger partial charge on any atom is -0.316 e. The van der Waals surface area contributed by atoms with Crippen LogP contribution in [0.2, 0.25) is 0 Å². The van der Waals surface area contributed by atoms with Crippen molar-refractivity contribution >= 4 is 0 Å². The van der Waals surface area contributed by atoms with Crippen molar-refractivity contribution in [1.29, 1.82) is 0 Å². The van der Waals surface area contributed by atoms with E-state index in [1.165, 1.54) is 84.0 Å². The quantitative estimate of drug-likeness (QED) is 0.840. The maximum absolute atomic E-state index is 3.57. The number of nitrogens with zero attached hydrogens (tertiary/aromatic N) is 1. The number of hydrogen-bond donors (Lipinski definition) is 1. The summed E-state index contributed by atoms with van der Waals surface area (Å²) in [6.07, 6.45) is 13.3. The van der Waals surface area contributed by atoms with E-state index in [2.05, 4.69) is 17.1 Å². The third kappa shape index (κ3) is 3.33. The van der Waals surface area contributed by atoms with Crippen LogP contribution >= 0.6 is 0 Å². The molecule has 2 aliphatic heterocycles. The highest BCUT2D eigenvalue weighted by Gasteiger charge is 2.40. The van der Waals surface area contributed by atoms with Crippen molar-refractivity contribution in [1.82, 2.24) is 10.2 Å². The van der Waals surface area contributed by atoms with E-state index in [1.54, 1.807) is 0 Å². The zero-order chi connectivity index (χ0) is 13.1. The maximum atomic E-state index is 3.57. The Kier molecular flexibility index (Phi) is 4.48. The molecule has 0 aromatic heterocycles. The van der Waals surface area contributed by atoms with Crippen molar-refractivity contribution in [3.8, 4) is 0 Å². The fourth-order valence-corrected chi connectivity index (χ4v) is 4.81. The van der Waals surface area contributed by atoms with Gasteiger partial charge in [-0.2, -0.15) is 0 Å². The Hall–Kier alpha value is -0.0800. The van der Waals surface area contributed by atoms with Gasteiger partial charge in [0.25, 0.3) is 0 Å². The highest BCUT2D eigenvalue weighted by molar-refractivity contribution is 4.93. The van der Waals surface area contributed by atoms with Gasteiger partial charge in [-0.1, -0.05) is 19.3 Å². The second-order valence-corrected chi connectivity index (χ2v) is 7.58. The molecule has 110 valence electrons. The molecule has 2 unspecified atom stereocenters. The van der Waals surface area contributed by atoms with Crippen molar-refractivity contribution in [3.05, 3.63) is 0 Å². The number of hydrogen-bond acceptors (Lipinski definition) is 2. The Labute approximate surface area is 119 Å². The average molecular weight is 264 g/mol. The summed E-state index contributed by atoms with van der Waals surface area (Å²) < 4.78 is 0. The zero-order valence-electron chi connectivity index (χ0n) is 12.8. The lowest BCUT2D eigenvalue weighted by Crippen LogP contribution is -2.38. The molecule has 19 heavy (non-hydrogen) atoms. The first kappa shape index (κ1) is 13.9. The molecule has 1 aliphatic carbocycles. The summed E-state index contributed by atoms with van der Waals surface area (Å²) in [5, 5.41) is 3.57. The molecule has 2 nitrogen and oxygen atoms in total. The number of likely N-dealkylation sites (tertiary alicyclic amines) is 1.